The summed E-state index contributed by atoms with van der Waals surface area (Å²) in [5, 5.41) is 3.70. The van der Waals surface area contributed by atoms with Gasteiger partial charge in [0.25, 0.3) is 0 Å². The topological polar surface area (TPSA) is 8.17 Å². The summed E-state index contributed by atoms with van der Waals surface area (Å²) < 4.78 is 15.6. The maximum atomic E-state index is 13.3. The van der Waals surface area contributed by atoms with Gasteiger partial charge in [-0.2, -0.15) is 0 Å². The Morgan fingerprint density at radius 1 is 1.04 bits per heavy atom. The maximum absolute atomic E-state index is 13.3. The summed E-state index contributed by atoms with van der Waals surface area (Å²) in [6.07, 6.45) is 6.00. The zero-order valence-corrected chi connectivity index (χ0v) is 14.3. The summed E-state index contributed by atoms with van der Waals surface area (Å²) in [5.74, 6) is -0.191. The Balaban J connectivity index is 1.90. The molecule has 2 aromatic carbocycles. The highest BCUT2D eigenvalue weighted by molar-refractivity contribution is 5.96. The Labute approximate surface area is 142 Å². The SMILES string of the molecule is Cc1ccc2c(c1)c(-c1ccc(F)cc1)cn2N1CCCCC1C. The van der Waals surface area contributed by atoms with Crippen molar-refractivity contribution in [1.29, 1.82) is 0 Å². The second-order valence-electron chi connectivity index (χ2n) is 6.92. The van der Waals surface area contributed by atoms with E-state index in [-0.39, 0.29) is 5.82 Å². The Morgan fingerprint density at radius 2 is 1.83 bits per heavy atom. The van der Waals surface area contributed by atoms with Crippen LogP contribution in [0.5, 0.6) is 0 Å². The Hall–Kier alpha value is -2.29. The monoisotopic (exact) mass is 322 g/mol. The summed E-state index contributed by atoms with van der Waals surface area (Å²) >= 11 is 0. The number of hydrogen-bond acceptors (Lipinski definition) is 1. The van der Waals surface area contributed by atoms with Gasteiger partial charge in [-0.15, -0.1) is 0 Å². The van der Waals surface area contributed by atoms with E-state index >= 15 is 0 Å². The van der Waals surface area contributed by atoms with Crippen molar-refractivity contribution in [3.05, 3.63) is 60.0 Å². The third kappa shape index (κ3) is 2.58. The van der Waals surface area contributed by atoms with E-state index in [1.807, 2.05) is 12.1 Å². The van der Waals surface area contributed by atoms with Gasteiger partial charge in [-0.1, -0.05) is 23.8 Å². The first kappa shape index (κ1) is 15.3. The first-order valence-electron chi connectivity index (χ1n) is 8.78. The lowest BCUT2D eigenvalue weighted by Crippen LogP contribution is -2.45. The highest BCUT2D eigenvalue weighted by Gasteiger charge is 2.21. The van der Waals surface area contributed by atoms with Crippen molar-refractivity contribution in [2.75, 3.05) is 11.6 Å². The molecule has 124 valence electrons. The lowest BCUT2D eigenvalue weighted by molar-refractivity contribution is 0.406. The molecule has 1 atom stereocenters. The minimum atomic E-state index is -0.191. The number of benzene rings is 2. The minimum absolute atomic E-state index is 0.191. The predicted molar refractivity (Wildman–Crippen MR) is 98.5 cm³/mol. The van der Waals surface area contributed by atoms with Gasteiger partial charge in [0, 0.05) is 29.7 Å². The van der Waals surface area contributed by atoms with E-state index in [1.54, 1.807) is 0 Å². The molecule has 1 aromatic heterocycles. The van der Waals surface area contributed by atoms with Crippen LogP contribution < -0.4 is 5.01 Å². The lowest BCUT2D eigenvalue weighted by atomic mass is 10.0. The average molecular weight is 322 g/mol. The molecule has 24 heavy (non-hydrogen) atoms. The number of fused-ring (bicyclic) bond motifs is 1. The van der Waals surface area contributed by atoms with E-state index in [0.29, 0.717) is 6.04 Å². The van der Waals surface area contributed by atoms with Gasteiger partial charge in [-0.3, -0.25) is 4.68 Å². The van der Waals surface area contributed by atoms with Crippen LogP contribution in [0.2, 0.25) is 0 Å². The molecule has 0 N–H and O–H groups in total. The molecule has 1 fully saturated rings. The second-order valence-corrected chi connectivity index (χ2v) is 6.92. The standard InChI is InChI=1S/C21H23FN2/c1-15-6-11-21-19(13-15)20(17-7-9-18(22)10-8-17)14-24(21)23-12-4-3-5-16(23)2/h6-11,13-14,16H,3-5,12H2,1-2H3. The number of aryl methyl sites for hydroxylation is 1. The summed E-state index contributed by atoms with van der Waals surface area (Å²) in [6.45, 7) is 5.51. The van der Waals surface area contributed by atoms with Crippen molar-refractivity contribution in [2.45, 2.75) is 39.2 Å². The fraction of sp³-hybridized carbons (Fsp3) is 0.333. The quantitative estimate of drug-likeness (QED) is 0.624. The molecule has 1 aliphatic rings. The lowest BCUT2D eigenvalue weighted by Gasteiger charge is -2.36. The molecule has 1 unspecified atom stereocenters. The van der Waals surface area contributed by atoms with E-state index in [0.717, 1.165) is 12.1 Å². The molecule has 2 heterocycles. The molecule has 4 rings (SSSR count). The Kier molecular flexibility index (Phi) is 3.79. The van der Waals surface area contributed by atoms with Crippen LogP contribution in [-0.2, 0) is 0 Å². The third-order valence-corrected chi connectivity index (χ3v) is 5.14. The molecule has 0 spiro atoms. The molecular weight excluding hydrogens is 299 g/mol. The van der Waals surface area contributed by atoms with Crippen LogP contribution in [0.25, 0.3) is 22.0 Å². The molecule has 3 aromatic rings. The molecule has 1 aliphatic heterocycles. The normalized spacial score (nSPS) is 18.3. The van der Waals surface area contributed by atoms with Gasteiger partial charge in [0.2, 0.25) is 0 Å². The smallest absolute Gasteiger partial charge is 0.123 e. The Morgan fingerprint density at radius 3 is 2.58 bits per heavy atom. The zero-order valence-electron chi connectivity index (χ0n) is 14.3. The van der Waals surface area contributed by atoms with Crippen molar-refractivity contribution in [3.63, 3.8) is 0 Å². The molecule has 3 heteroatoms. The Bertz CT molecular complexity index is 863. The van der Waals surface area contributed by atoms with Crippen LogP contribution in [0, 0.1) is 12.7 Å². The fourth-order valence-corrected chi connectivity index (χ4v) is 3.80. The van der Waals surface area contributed by atoms with E-state index < -0.39 is 0 Å². The number of nitrogens with zero attached hydrogens (tertiary/aromatic N) is 2. The summed E-state index contributed by atoms with van der Waals surface area (Å²) in [6, 6.07) is 14.0. The van der Waals surface area contributed by atoms with E-state index in [2.05, 4.69) is 47.9 Å². The number of aromatic nitrogens is 1. The van der Waals surface area contributed by atoms with Crippen molar-refractivity contribution in [1.82, 2.24) is 4.68 Å². The van der Waals surface area contributed by atoms with Crippen molar-refractivity contribution in [3.8, 4) is 11.1 Å². The third-order valence-electron chi connectivity index (χ3n) is 5.14. The van der Waals surface area contributed by atoms with Gasteiger partial charge < -0.3 is 5.01 Å². The first-order valence-corrected chi connectivity index (χ1v) is 8.78. The molecule has 0 bridgehead atoms. The zero-order chi connectivity index (χ0) is 16.7. The molecule has 0 radical (unpaired) electrons. The van der Waals surface area contributed by atoms with Gasteiger partial charge >= 0.3 is 0 Å². The van der Waals surface area contributed by atoms with Gasteiger partial charge in [-0.25, -0.2) is 4.39 Å². The molecule has 0 aliphatic carbocycles. The highest BCUT2D eigenvalue weighted by atomic mass is 19.1. The van der Waals surface area contributed by atoms with Crippen LogP contribution >= 0.6 is 0 Å². The van der Waals surface area contributed by atoms with Gasteiger partial charge in [0.1, 0.15) is 5.82 Å². The summed E-state index contributed by atoms with van der Waals surface area (Å²) in [7, 11) is 0. The number of rotatable bonds is 2. The van der Waals surface area contributed by atoms with Crippen molar-refractivity contribution >= 4 is 10.9 Å². The van der Waals surface area contributed by atoms with E-state index in [1.165, 1.54) is 53.4 Å². The molecule has 2 nitrogen and oxygen atoms in total. The maximum Gasteiger partial charge on any atom is 0.123 e. The highest BCUT2D eigenvalue weighted by Crippen LogP contribution is 2.33. The molecule has 1 saturated heterocycles. The largest absolute Gasteiger partial charge is 0.310 e. The minimum Gasteiger partial charge on any atom is -0.310 e. The van der Waals surface area contributed by atoms with Crippen LogP contribution in [0.15, 0.2) is 48.7 Å². The fourth-order valence-electron chi connectivity index (χ4n) is 3.80. The van der Waals surface area contributed by atoms with Crippen LogP contribution in [-0.4, -0.2) is 17.3 Å². The number of halogens is 1. The van der Waals surface area contributed by atoms with Gasteiger partial charge in [-0.05, 0) is 62.9 Å². The molecular formula is C21H23FN2. The second kappa shape index (κ2) is 5.97. The summed E-state index contributed by atoms with van der Waals surface area (Å²) in [5.41, 5.74) is 4.71. The van der Waals surface area contributed by atoms with Crippen LogP contribution in [0.3, 0.4) is 0 Å². The molecule has 0 saturated carbocycles. The summed E-state index contributed by atoms with van der Waals surface area (Å²) in [4.78, 5) is 0. The predicted octanol–water partition coefficient (Wildman–Crippen LogP) is 5.27. The average Bonchev–Trinajstić information content (AvgIpc) is 2.94. The van der Waals surface area contributed by atoms with Gasteiger partial charge in [0.05, 0.1) is 5.52 Å². The van der Waals surface area contributed by atoms with Gasteiger partial charge in [0.15, 0.2) is 0 Å². The number of hydrogen-bond donors (Lipinski definition) is 0. The van der Waals surface area contributed by atoms with E-state index in [4.69, 9.17) is 0 Å². The van der Waals surface area contributed by atoms with Crippen LogP contribution in [0.1, 0.15) is 31.7 Å². The van der Waals surface area contributed by atoms with E-state index in [9.17, 15) is 4.39 Å². The van der Waals surface area contributed by atoms with Crippen molar-refractivity contribution < 1.29 is 4.39 Å². The first-order chi connectivity index (χ1) is 11.6. The van der Waals surface area contributed by atoms with Crippen LogP contribution in [0.4, 0.5) is 4.39 Å². The number of piperidine rings is 1. The van der Waals surface area contributed by atoms with Crippen molar-refractivity contribution in [2.24, 2.45) is 0 Å². The molecule has 0 amide bonds.